The number of anilines is 4. The molecule has 0 radical (unpaired) electrons. The van der Waals surface area contributed by atoms with E-state index in [2.05, 4.69) is 20.2 Å². The number of benzene rings is 1. The highest BCUT2D eigenvalue weighted by Gasteiger charge is 2.19. The van der Waals surface area contributed by atoms with Gasteiger partial charge < -0.3 is 21.7 Å². The van der Waals surface area contributed by atoms with Crippen molar-refractivity contribution >= 4 is 34.7 Å². The molecule has 0 unspecified atom stereocenters. The summed E-state index contributed by atoms with van der Waals surface area (Å²) in [5.74, 6) is -0.634. The fourth-order valence-corrected chi connectivity index (χ4v) is 3.05. The molecule has 1 saturated heterocycles. The number of hydrogen-bond acceptors (Lipinski definition) is 7. The van der Waals surface area contributed by atoms with Gasteiger partial charge in [-0.15, -0.1) is 0 Å². The lowest BCUT2D eigenvalue weighted by molar-refractivity contribution is 0.266. The number of aromatic nitrogens is 2. The fourth-order valence-electron chi connectivity index (χ4n) is 2.88. The third-order valence-corrected chi connectivity index (χ3v) is 4.55. The lowest BCUT2D eigenvalue weighted by atomic mass is 10.2. The Kier molecular flexibility index (Phi) is 5.58. The molecule has 3 rings (SSSR count). The predicted molar refractivity (Wildman–Crippen MR) is 99.4 cm³/mol. The Morgan fingerprint density at radius 3 is 2.54 bits per heavy atom. The van der Waals surface area contributed by atoms with Crippen molar-refractivity contribution in [3.63, 3.8) is 0 Å². The molecule has 5 N–H and O–H groups in total. The minimum absolute atomic E-state index is 0.0571. The van der Waals surface area contributed by atoms with E-state index >= 15 is 0 Å². The first-order valence-electron chi connectivity index (χ1n) is 8.19. The summed E-state index contributed by atoms with van der Waals surface area (Å²) in [7, 11) is 0. The second kappa shape index (κ2) is 7.88. The molecule has 2 heterocycles. The quantitative estimate of drug-likeness (QED) is 0.677. The molecule has 7 nitrogen and oxygen atoms in total. The average Bonchev–Trinajstić information content (AvgIpc) is 2.60. The molecule has 1 fully saturated rings. The van der Waals surface area contributed by atoms with Crippen LogP contribution in [0.25, 0.3) is 0 Å². The van der Waals surface area contributed by atoms with Crippen LogP contribution in [-0.4, -0.2) is 54.1 Å². The largest absolute Gasteiger partial charge is 0.393 e. The van der Waals surface area contributed by atoms with Crippen molar-refractivity contribution in [2.45, 2.75) is 0 Å². The van der Waals surface area contributed by atoms with Gasteiger partial charge in [0.15, 0.2) is 11.0 Å². The van der Waals surface area contributed by atoms with E-state index in [-0.39, 0.29) is 16.8 Å². The molecular formula is C16H20ClF2N7. The van der Waals surface area contributed by atoms with Gasteiger partial charge in [-0.1, -0.05) is 11.6 Å². The van der Waals surface area contributed by atoms with Gasteiger partial charge in [-0.3, -0.25) is 4.90 Å². The van der Waals surface area contributed by atoms with E-state index in [0.717, 1.165) is 25.7 Å². The molecule has 1 aromatic carbocycles. The van der Waals surface area contributed by atoms with Crippen molar-refractivity contribution in [2.75, 3.05) is 61.0 Å². The topological polar surface area (TPSA) is 96.3 Å². The van der Waals surface area contributed by atoms with Crippen LogP contribution in [0, 0.1) is 11.6 Å². The number of halogens is 3. The second-order valence-electron chi connectivity index (χ2n) is 5.99. The van der Waals surface area contributed by atoms with Gasteiger partial charge in [0.05, 0.1) is 5.69 Å². The summed E-state index contributed by atoms with van der Waals surface area (Å²) < 4.78 is 26.9. The maximum atomic E-state index is 13.9. The Bertz CT molecular complexity index is 781. The van der Waals surface area contributed by atoms with Crippen LogP contribution in [0.15, 0.2) is 18.2 Å². The standard InChI is InChI=1S/C16H20ClF2N7/c17-14-13(20)15(24-16(21)23-14)22-3-4-25-5-7-26(8-6-25)12-2-1-10(18)9-11(12)19/h1-2,9H,3-8,20H2,(H3,21,22,23,24). The lowest BCUT2D eigenvalue weighted by Gasteiger charge is -2.36. The molecule has 140 valence electrons. The Hall–Kier alpha value is -2.39. The normalized spacial score (nSPS) is 15.3. The summed E-state index contributed by atoms with van der Waals surface area (Å²) in [5.41, 5.74) is 12.1. The molecule has 0 spiro atoms. The first-order valence-corrected chi connectivity index (χ1v) is 8.56. The summed E-state index contributed by atoms with van der Waals surface area (Å²) in [6.45, 7) is 4.21. The van der Waals surface area contributed by atoms with E-state index in [0.29, 0.717) is 31.1 Å². The SMILES string of the molecule is Nc1nc(Cl)c(N)c(NCCN2CCN(c3ccc(F)cc3F)CC2)n1. The number of nitrogens with zero attached hydrogens (tertiary/aromatic N) is 4. The molecule has 10 heteroatoms. The van der Waals surface area contributed by atoms with Crippen LogP contribution in [-0.2, 0) is 0 Å². The van der Waals surface area contributed by atoms with Crippen LogP contribution in [0.3, 0.4) is 0 Å². The Balaban J connectivity index is 1.49. The number of piperazine rings is 1. The highest BCUT2D eigenvalue weighted by molar-refractivity contribution is 6.32. The second-order valence-corrected chi connectivity index (χ2v) is 6.34. The molecule has 0 atom stereocenters. The summed E-state index contributed by atoms with van der Waals surface area (Å²) in [5, 5.41) is 3.22. The molecule has 26 heavy (non-hydrogen) atoms. The van der Waals surface area contributed by atoms with Gasteiger partial charge in [0, 0.05) is 45.3 Å². The van der Waals surface area contributed by atoms with Crippen LogP contribution >= 0.6 is 11.6 Å². The predicted octanol–water partition coefficient (Wildman–Crippen LogP) is 1.81. The van der Waals surface area contributed by atoms with E-state index < -0.39 is 11.6 Å². The monoisotopic (exact) mass is 383 g/mol. The average molecular weight is 384 g/mol. The molecule has 1 aromatic heterocycles. The molecule has 0 saturated carbocycles. The smallest absolute Gasteiger partial charge is 0.223 e. The van der Waals surface area contributed by atoms with E-state index in [1.165, 1.54) is 12.1 Å². The first-order chi connectivity index (χ1) is 12.4. The van der Waals surface area contributed by atoms with Crippen molar-refractivity contribution in [3.8, 4) is 0 Å². The number of hydrogen-bond donors (Lipinski definition) is 3. The van der Waals surface area contributed by atoms with Gasteiger partial charge in [0.25, 0.3) is 0 Å². The van der Waals surface area contributed by atoms with Crippen LogP contribution in [0.4, 0.5) is 31.9 Å². The minimum Gasteiger partial charge on any atom is -0.393 e. The highest BCUT2D eigenvalue weighted by Crippen LogP contribution is 2.24. The maximum Gasteiger partial charge on any atom is 0.223 e. The van der Waals surface area contributed by atoms with Crippen LogP contribution in [0.1, 0.15) is 0 Å². The molecule has 1 aliphatic rings. The van der Waals surface area contributed by atoms with E-state index in [1.807, 2.05) is 4.90 Å². The molecule has 0 aliphatic carbocycles. The molecular weight excluding hydrogens is 364 g/mol. The molecule has 0 amide bonds. The van der Waals surface area contributed by atoms with Gasteiger partial charge in [0.1, 0.15) is 17.3 Å². The molecule has 0 bridgehead atoms. The summed E-state index contributed by atoms with van der Waals surface area (Å²) in [4.78, 5) is 12.0. The van der Waals surface area contributed by atoms with Crippen molar-refractivity contribution in [2.24, 2.45) is 0 Å². The Morgan fingerprint density at radius 2 is 1.85 bits per heavy atom. The third kappa shape index (κ3) is 4.23. The summed E-state index contributed by atoms with van der Waals surface area (Å²) in [6.07, 6.45) is 0. The highest BCUT2D eigenvalue weighted by atomic mass is 35.5. The number of rotatable bonds is 5. The van der Waals surface area contributed by atoms with Crippen molar-refractivity contribution in [3.05, 3.63) is 35.0 Å². The Morgan fingerprint density at radius 1 is 1.12 bits per heavy atom. The lowest BCUT2D eigenvalue weighted by Crippen LogP contribution is -2.48. The van der Waals surface area contributed by atoms with Crippen molar-refractivity contribution in [1.29, 1.82) is 0 Å². The van der Waals surface area contributed by atoms with Crippen LogP contribution in [0.2, 0.25) is 5.15 Å². The number of nitrogens with two attached hydrogens (primary N) is 2. The van der Waals surface area contributed by atoms with Gasteiger partial charge in [-0.2, -0.15) is 9.97 Å². The van der Waals surface area contributed by atoms with Crippen LogP contribution < -0.4 is 21.7 Å². The van der Waals surface area contributed by atoms with E-state index in [1.54, 1.807) is 0 Å². The van der Waals surface area contributed by atoms with E-state index in [9.17, 15) is 8.78 Å². The fraction of sp³-hybridized carbons (Fsp3) is 0.375. The van der Waals surface area contributed by atoms with Crippen LogP contribution in [0.5, 0.6) is 0 Å². The first kappa shape index (κ1) is 18.4. The zero-order valence-corrected chi connectivity index (χ0v) is 14.8. The Labute approximate surface area is 154 Å². The van der Waals surface area contributed by atoms with E-state index in [4.69, 9.17) is 23.1 Å². The number of nitrogen functional groups attached to an aromatic ring is 2. The zero-order valence-electron chi connectivity index (χ0n) is 14.1. The molecule has 2 aromatic rings. The van der Waals surface area contributed by atoms with Crippen molar-refractivity contribution < 1.29 is 8.78 Å². The molecule has 1 aliphatic heterocycles. The summed E-state index contributed by atoms with van der Waals surface area (Å²) >= 11 is 5.88. The minimum atomic E-state index is -0.569. The van der Waals surface area contributed by atoms with Crippen molar-refractivity contribution in [1.82, 2.24) is 14.9 Å². The summed E-state index contributed by atoms with van der Waals surface area (Å²) in [6, 6.07) is 3.67. The maximum absolute atomic E-state index is 13.9. The van der Waals surface area contributed by atoms with Gasteiger partial charge in [-0.05, 0) is 12.1 Å². The van der Waals surface area contributed by atoms with Gasteiger partial charge >= 0.3 is 0 Å². The van der Waals surface area contributed by atoms with Gasteiger partial charge in [-0.25, -0.2) is 8.78 Å². The van der Waals surface area contributed by atoms with Gasteiger partial charge in [0.2, 0.25) is 5.95 Å². The zero-order chi connectivity index (χ0) is 18.7. The number of nitrogens with one attached hydrogen (secondary N) is 1. The third-order valence-electron chi connectivity index (χ3n) is 4.26.